The van der Waals surface area contributed by atoms with Crippen molar-refractivity contribution in [2.75, 3.05) is 44.4 Å². The zero-order valence-electron chi connectivity index (χ0n) is 32.6. The Morgan fingerprint density at radius 2 is 1.62 bits per heavy atom. The lowest BCUT2D eigenvalue weighted by Crippen LogP contribution is -2.37. The van der Waals surface area contributed by atoms with E-state index in [4.69, 9.17) is 66.7 Å². The number of hydrogen-bond donors (Lipinski definition) is 4. The Labute approximate surface area is 362 Å². The molecule has 4 aromatic heterocycles. The van der Waals surface area contributed by atoms with E-state index in [2.05, 4.69) is 35.2 Å². The fourth-order valence-corrected chi connectivity index (χ4v) is 9.60. The van der Waals surface area contributed by atoms with Crippen LogP contribution in [0, 0.1) is 5.92 Å². The second kappa shape index (κ2) is 17.9. The molecule has 8 heterocycles. The van der Waals surface area contributed by atoms with Crippen LogP contribution in [0.1, 0.15) is 32.2 Å². The van der Waals surface area contributed by atoms with Gasteiger partial charge in [-0.05, 0) is 23.6 Å². The minimum atomic E-state index is -4.59. The maximum Gasteiger partial charge on any atom is 0.412 e. The summed E-state index contributed by atoms with van der Waals surface area (Å²) in [6, 6.07) is 0. The Hall–Kier alpha value is -4.42. The first-order valence-corrected chi connectivity index (χ1v) is 23.8. The molecular formula is C31H36F2N12O14P2S2. The molecule has 0 saturated carbocycles. The number of nitrogens with zero attached hydrogens (tertiary/aromatic N) is 10. The maximum absolute atomic E-state index is 16.4. The van der Waals surface area contributed by atoms with Crippen molar-refractivity contribution in [3.63, 3.8) is 0 Å². The second-order valence-corrected chi connectivity index (χ2v) is 19.8. The summed E-state index contributed by atoms with van der Waals surface area (Å²) in [5, 5.41) is 2.39. The Kier molecular flexibility index (Phi) is 12.8. The third-order valence-corrected chi connectivity index (χ3v) is 12.9. The van der Waals surface area contributed by atoms with Gasteiger partial charge in [0.1, 0.15) is 37.0 Å². The molecule has 4 aliphatic rings. The summed E-state index contributed by atoms with van der Waals surface area (Å²) in [5.74, 6) is -1.65. The molecule has 32 heteroatoms. The Bertz CT molecular complexity index is 2550. The zero-order valence-corrected chi connectivity index (χ0v) is 36.0. The van der Waals surface area contributed by atoms with Crippen molar-refractivity contribution in [1.29, 1.82) is 0 Å². The third-order valence-electron chi connectivity index (χ3n) is 10.2. The van der Waals surface area contributed by atoms with E-state index >= 15 is 8.78 Å². The van der Waals surface area contributed by atoms with Gasteiger partial charge in [-0.25, -0.2) is 43.5 Å². The minimum absolute atomic E-state index is 0.0120. The molecule has 4 aromatic rings. The van der Waals surface area contributed by atoms with Gasteiger partial charge in [-0.1, -0.05) is 6.92 Å². The maximum atomic E-state index is 16.4. The summed E-state index contributed by atoms with van der Waals surface area (Å²) in [5.41, 5.74) is 5.94. The van der Waals surface area contributed by atoms with Gasteiger partial charge >= 0.3 is 19.5 Å². The summed E-state index contributed by atoms with van der Waals surface area (Å²) in [6.45, 7) is -8.47. The SMILES string of the molecule is CC1CC(=O)N(CCC(=O)N(C)CCOC(=O)Nc2ncnc3c2ncn3[C@@H]2O[C@@H]3OOP(O)(=S)O[C@H]4[C@@H](F)[C@H](n5cnc6c(N)ncnc65)O[C@@H]4COP(O)(=S)O[C@H]3[C@H]2F)C1=O. The average Bonchev–Trinajstić information content (AvgIpc) is 4.04. The van der Waals surface area contributed by atoms with Gasteiger partial charge in [0.25, 0.3) is 0 Å². The predicted octanol–water partition coefficient (Wildman–Crippen LogP) is 0.651. The molecule has 0 aromatic carbocycles. The number of rotatable bonds is 9. The van der Waals surface area contributed by atoms with Crippen LogP contribution in [0.2, 0.25) is 0 Å². The van der Waals surface area contributed by atoms with Crippen LogP contribution in [-0.2, 0) is 75.3 Å². The summed E-state index contributed by atoms with van der Waals surface area (Å²) in [4.78, 5) is 103. The number of aromatic nitrogens is 8. The van der Waals surface area contributed by atoms with Crippen LogP contribution in [-0.4, -0.2) is 153 Å². The number of hydrogen-bond acceptors (Lipinski definition) is 21. The molecule has 340 valence electrons. The molecule has 0 aliphatic carbocycles. The highest BCUT2D eigenvalue weighted by atomic mass is 32.5. The number of imidazole rings is 2. The van der Waals surface area contributed by atoms with Gasteiger partial charge < -0.3 is 39.2 Å². The van der Waals surface area contributed by atoms with Crippen LogP contribution >= 0.6 is 13.4 Å². The van der Waals surface area contributed by atoms with Crippen LogP contribution < -0.4 is 11.1 Å². The van der Waals surface area contributed by atoms with Gasteiger partial charge in [0.05, 0.1) is 25.8 Å². The monoisotopic (exact) mass is 964 g/mol. The summed E-state index contributed by atoms with van der Waals surface area (Å²) in [6.07, 6.45) is -11.3. The third kappa shape index (κ3) is 9.26. The first kappa shape index (κ1) is 45.2. The number of fused-ring (bicyclic) bond motifs is 4. The lowest BCUT2D eigenvalue weighted by Gasteiger charge is -2.29. The molecule has 4 aliphatic heterocycles. The van der Waals surface area contributed by atoms with Gasteiger partial charge in [0, 0.05) is 32.4 Å². The molecule has 11 atom stereocenters. The molecule has 0 radical (unpaired) electrons. The number of imide groups is 1. The molecule has 26 nitrogen and oxygen atoms in total. The second-order valence-electron chi connectivity index (χ2n) is 14.3. The molecule has 4 saturated heterocycles. The number of nitrogens with two attached hydrogens (primary N) is 1. The minimum Gasteiger partial charge on any atom is -0.447 e. The highest BCUT2D eigenvalue weighted by Gasteiger charge is 2.55. The molecule has 3 unspecified atom stereocenters. The van der Waals surface area contributed by atoms with Crippen molar-refractivity contribution < 1.29 is 75.1 Å². The van der Waals surface area contributed by atoms with Crippen molar-refractivity contribution >= 4 is 94.8 Å². The van der Waals surface area contributed by atoms with E-state index in [0.29, 0.717) is 0 Å². The van der Waals surface area contributed by atoms with E-state index < -0.39 is 81.5 Å². The lowest BCUT2D eigenvalue weighted by molar-refractivity contribution is -0.336. The van der Waals surface area contributed by atoms with Crippen molar-refractivity contribution in [1.82, 2.24) is 48.8 Å². The lowest BCUT2D eigenvalue weighted by atomic mass is 10.1. The van der Waals surface area contributed by atoms with Gasteiger partial charge in [-0.15, -0.1) is 4.67 Å². The normalized spacial score (nSPS) is 32.6. The number of alkyl halides is 2. The first-order valence-electron chi connectivity index (χ1n) is 18.6. The number of nitrogen functional groups attached to an aromatic ring is 1. The molecular weight excluding hydrogens is 928 g/mol. The number of likely N-dealkylation sites (tertiary alicyclic amines) is 1. The highest BCUT2D eigenvalue weighted by molar-refractivity contribution is 8.07. The fraction of sp³-hybridized carbons (Fsp3) is 0.548. The van der Waals surface area contributed by atoms with Crippen LogP contribution in [0.25, 0.3) is 22.3 Å². The standard InChI is InChI=1S/C31H36F2N12O14P2S2/c1-13-7-16(47)43(27(13)48)4-3-15(46)42(2)5-6-52-31(49)41-24-20-26(38-10-36-24)45(12-40-20)29-18(33)22-30(55-29)56-59-61(51,63)57-21-14(8-53-60(50,62)58-22)54-28(17(21)32)44-11-39-19-23(34)35-9-37-25(19)44/h9-14,17-18,21-22,28-30H,3-8H2,1-2H3,(H,50,62)(H,51,63)(H2,34,35,37)(H,36,38,41,49)/t13?,14-,17-,18-,21-,22+,28-,29-,30-,60?,61?/m1/s1. The van der Waals surface area contributed by atoms with Gasteiger partial charge in [0.2, 0.25) is 24.0 Å². The molecule has 8 rings (SSSR count). The number of ether oxygens (including phenoxy) is 3. The summed E-state index contributed by atoms with van der Waals surface area (Å²) >= 11 is 10.3. The molecule has 5 N–H and O–H groups in total. The molecule has 4 fully saturated rings. The van der Waals surface area contributed by atoms with Gasteiger partial charge in [-0.2, -0.15) is 4.89 Å². The van der Waals surface area contributed by atoms with E-state index in [9.17, 15) is 29.0 Å². The Balaban J connectivity index is 0.909. The summed E-state index contributed by atoms with van der Waals surface area (Å²) < 4.78 is 73.1. The molecule has 4 amide bonds. The fourth-order valence-electron chi connectivity index (χ4n) is 7.00. The average molecular weight is 965 g/mol. The zero-order chi connectivity index (χ0) is 45.0. The van der Waals surface area contributed by atoms with E-state index in [1.54, 1.807) is 6.92 Å². The van der Waals surface area contributed by atoms with Crippen LogP contribution in [0.3, 0.4) is 0 Å². The van der Waals surface area contributed by atoms with E-state index in [1.165, 1.54) is 22.8 Å². The number of likely N-dealkylation sites (N-methyl/N-ethyl adjacent to an activating group) is 1. The molecule has 0 spiro atoms. The first-order chi connectivity index (χ1) is 29.9. The number of nitrogens with one attached hydrogen (secondary N) is 1. The van der Waals surface area contributed by atoms with Crippen molar-refractivity contribution in [3.8, 4) is 0 Å². The summed E-state index contributed by atoms with van der Waals surface area (Å²) in [7, 11) is 1.46. The predicted molar refractivity (Wildman–Crippen MR) is 211 cm³/mol. The topological polar surface area (TPSA) is 314 Å². The number of amides is 4. The number of carbonyl (C=O) groups excluding carboxylic acids is 4. The smallest absolute Gasteiger partial charge is 0.412 e. The largest absolute Gasteiger partial charge is 0.447 e. The van der Waals surface area contributed by atoms with E-state index in [1.807, 2.05) is 0 Å². The van der Waals surface area contributed by atoms with E-state index in [0.717, 1.165) is 28.4 Å². The molecule has 0 bridgehead atoms. The van der Waals surface area contributed by atoms with Crippen LogP contribution in [0.4, 0.5) is 25.2 Å². The van der Waals surface area contributed by atoms with E-state index in [-0.39, 0.29) is 84.2 Å². The van der Waals surface area contributed by atoms with Crippen molar-refractivity contribution in [3.05, 3.63) is 25.3 Å². The quantitative estimate of drug-likeness (QED) is 0.102. The van der Waals surface area contributed by atoms with Crippen LogP contribution in [0.15, 0.2) is 25.3 Å². The number of halogens is 2. The van der Waals surface area contributed by atoms with Crippen molar-refractivity contribution in [2.45, 2.75) is 69.2 Å². The van der Waals surface area contributed by atoms with Gasteiger partial charge in [-0.3, -0.25) is 42.8 Å². The Morgan fingerprint density at radius 3 is 2.33 bits per heavy atom. The van der Waals surface area contributed by atoms with Crippen LogP contribution in [0.5, 0.6) is 0 Å². The Morgan fingerprint density at radius 1 is 0.968 bits per heavy atom. The molecule has 63 heavy (non-hydrogen) atoms. The van der Waals surface area contributed by atoms with Gasteiger partial charge in [0.15, 0.2) is 59.3 Å². The highest BCUT2D eigenvalue weighted by Crippen LogP contribution is 2.55. The van der Waals surface area contributed by atoms with Crippen molar-refractivity contribution in [2.24, 2.45) is 5.92 Å². The number of carbonyl (C=O) groups is 4. The number of anilines is 2.